The number of likely N-dealkylation sites (N-methyl/N-ethyl adjacent to an activating group) is 1. The van der Waals surface area contributed by atoms with Crippen molar-refractivity contribution in [2.45, 2.75) is 25.4 Å². The monoisotopic (exact) mass is 272 g/mol. The van der Waals surface area contributed by atoms with Crippen LogP contribution in [0.1, 0.15) is 18.4 Å². The molecule has 1 N–H and O–H groups in total. The Hall–Kier alpha value is -0.280. The van der Waals surface area contributed by atoms with Crippen molar-refractivity contribution in [1.82, 2.24) is 10.2 Å². The van der Waals surface area contributed by atoms with Gasteiger partial charge in [-0.25, -0.2) is 0 Å². The molecule has 1 aromatic carbocycles. The third kappa shape index (κ3) is 3.59. The van der Waals surface area contributed by atoms with E-state index in [1.54, 1.807) is 0 Å². The van der Waals surface area contributed by atoms with Gasteiger partial charge in [-0.3, -0.25) is 0 Å². The zero-order valence-electron chi connectivity index (χ0n) is 10.0. The van der Waals surface area contributed by atoms with Crippen molar-refractivity contribution >= 4 is 23.2 Å². The molecule has 17 heavy (non-hydrogen) atoms. The zero-order valence-corrected chi connectivity index (χ0v) is 11.6. The molecule has 0 amide bonds. The lowest BCUT2D eigenvalue weighted by Gasteiger charge is -2.21. The fourth-order valence-corrected chi connectivity index (χ4v) is 2.69. The van der Waals surface area contributed by atoms with Crippen molar-refractivity contribution in [3.63, 3.8) is 0 Å². The lowest BCUT2D eigenvalue weighted by Crippen LogP contribution is -2.35. The third-order valence-corrected chi connectivity index (χ3v) is 4.02. The second-order valence-corrected chi connectivity index (χ2v) is 5.49. The zero-order chi connectivity index (χ0) is 12.3. The molecular formula is C13H18Cl2N2. The SMILES string of the molecule is CN(Cc1cccc(Cl)c1Cl)CC1CCCN1. The standard InChI is InChI=1S/C13H18Cl2N2/c1-17(9-11-5-3-7-16-11)8-10-4-2-6-12(14)13(10)15/h2,4,6,11,16H,3,5,7-9H2,1H3. The maximum absolute atomic E-state index is 6.18. The number of halogens is 2. The van der Waals surface area contributed by atoms with E-state index in [2.05, 4.69) is 17.3 Å². The maximum atomic E-state index is 6.18. The molecule has 0 bridgehead atoms. The molecule has 0 aliphatic carbocycles. The average molecular weight is 273 g/mol. The highest BCUT2D eigenvalue weighted by molar-refractivity contribution is 6.42. The van der Waals surface area contributed by atoms with E-state index in [0.29, 0.717) is 16.1 Å². The first kappa shape index (κ1) is 13.2. The van der Waals surface area contributed by atoms with Crippen LogP contribution < -0.4 is 5.32 Å². The molecule has 1 atom stereocenters. The summed E-state index contributed by atoms with van der Waals surface area (Å²) in [6, 6.07) is 6.43. The summed E-state index contributed by atoms with van der Waals surface area (Å²) in [6.07, 6.45) is 2.56. The van der Waals surface area contributed by atoms with Gasteiger partial charge in [0.05, 0.1) is 10.0 Å². The summed E-state index contributed by atoms with van der Waals surface area (Å²) in [5.41, 5.74) is 1.10. The third-order valence-electron chi connectivity index (χ3n) is 3.17. The van der Waals surface area contributed by atoms with Gasteiger partial charge in [0.2, 0.25) is 0 Å². The number of hydrogen-bond acceptors (Lipinski definition) is 2. The van der Waals surface area contributed by atoms with Crippen LogP contribution >= 0.6 is 23.2 Å². The largest absolute Gasteiger partial charge is 0.313 e. The summed E-state index contributed by atoms with van der Waals surface area (Å²) in [6.45, 7) is 3.05. The van der Waals surface area contributed by atoms with Crippen LogP contribution in [0.5, 0.6) is 0 Å². The normalized spacial score (nSPS) is 20.1. The average Bonchev–Trinajstić information content (AvgIpc) is 2.77. The van der Waals surface area contributed by atoms with Crippen LogP contribution in [0.3, 0.4) is 0 Å². The van der Waals surface area contributed by atoms with Gasteiger partial charge < -0.3 is 10.2 Å². The molecule has 1 fully saturated rings. The molecule has 0 saturated carbocycles. The molecule has 0 aromatic heterocycles. The van der Waals surface area contributed by atoms with E-state index in [4.69, 9.17) is 23.2 Å². The Labute approximate surface area is 113 Å². The van der Waals surface area contributed by atoms with Gasteiger partial charge in [-0.15, -0.1) is 0 Å². The Morgan fingerprint density at radius 2 is 2.24 bits per heavy atom. The number of hydrogen-bond donors (Lipinski definition) is 1. The Bertz CT molecular complexity index is 376. The van der Waals surface area contributed by atoms with Gasteiger partial charge in [0, 0.05) is 19.1 Å². The number of benzene rings is 1. The van der Waals surface area contributed by atoms with Gasteiger partial charge in [0.1, 0.15) is 0 Å². The van der Waals surface area contributed by atoms with Crippen LogP contribution in [0, 0.1) is 0 Å². The van der Waals surface area contributed by atoms with Gasteiger partial charge in [-0.2, -0.15) is 0 Å². The Balaban J connectivity index is 1.93. The fourth-order valence-electron chi connectivity index (χ4n) is 2.31. The first-order valence-corrected chi connectivity index (χ1v) is 6.77. The lowest BCUT2D eigenvalue weighted by atomic mass is 10.2. The van der Waals surface area contributed by atoms with Crippen molar-refractivity contribution in [1.29, 1.82) is 0 Å². The van der Waals surface area contributed by atoms with Crippen molar-refractivity contribution in [3.05, 3.63) is 33.8 Å². The minimum absolute atomic E-state index is 0.623. The second kappa shape index (κ2) is 6.05. The van der Waals surface area contributed by atoms with Gasteiger partial charge in [0.25, 0.3) is 0 Å². The van der Waals surface area contributed by atoms with Crippen LogP contribution in [-0.4, -0.2) is 31.1 Å². The Kier molecular flexibility index (Phi) is 4.69. The van der Waals surface area contributed by atoms with E-state index >= 15 is 0 Å². The van der Waals surface area contributed by atoms with Crippen molar-refractivity contribution < 1.29 is 0 Å². The summed E-state index contributed by atoms with van der Waals surface area (Å²) >= 11 is 12.2. The summed E-state index contributed by atoms with van der Waals surface area (Å²) in [7, 11) is 2.12. The lowest BCUT2D eigenvalue weighted by molar-refractivity contribution is 0.293. The minimum atomic E-state index is 0.623. The van der Waals surface area contributed by atoms with Crippen LogP contribution in [0.4, 0.5) is 0 Å². The molecule has 0 radical (unpaired) electrons. The highest BCUT2D eigenvalue weighted by Gasteiger charge is 2.16. The molecule has 1 aromatic rings. The van der Waals surface area contributed by atoms with Gasteiger partial charge in [-0.1, -0.05) is 35.3 Å². The molecule has 2 rings (SSSR count). The summed E-state index contributed by atoms with van der Waals surface area (Å²) < 4.78 is 0. The predicted molar refractivity (Wildman–Crippen MR) is 73.8 cm³/mol. The van der Waals surface area contributed by atoms with Crippen molar-refractivity contribution in [2.24, 2.45) is 0 Å². The molecule has 1 aliphatic rings. The molecule has 1 aliphatic heterocycles. The first-order chi connectivity index (χ1) is 8.16. The quantitative estimate of drug-likeness (QED) is 0.906. The van der Waals surface area contributed by atoms with E-state index in [1.165, 1.54) is 12.8 Å². The molecule has 1 heterocycles. The van der Waals surface area contributed by atoms with E-state index in [9.17, 15) is 0 Å². The summed E-state index contributed by atoms with van der Waals surface area (Å²) in [4.78, 5) is 2.29. The van der Waals surface area contributed by atoms with Crippen LogP contribution in [0.25, 0.3) is 0 Å². The van der Waals surface area contributed by atoms with Crippen molar-refractivity contribution in [3.8, 4) is 0 Å². The van der Waals surface area contributed by atoms with Crippen LogP contribution in [0.15, 0.2) is 18.2 Å². The molecule has 94 valence electrons. The minimum Gasteiger partial charge on any atom is -0.313 e. The first-order valence-electron chi connectivity index (χ1n) is 6.01. The Morgan fingerprint density at radius 3 is 2.94 bits per heavy atom. The predicted octanol–water partition coefficient (Wildman–Crippen LogP) is 3.18. The molecule has 4 heteroatoms. The summed E-state index contributed by atoms with van der Waals surface area (Å²) in [5.74, 6) is 0. The van der Waals surface area contributed by atoms with E-state index in [1.807, 2.05) is 18.2 Å². The number of rotatable bonds is 4. The van der Waals surface area contributed by atoms with Crippen molar-refractivity contribution in [2.75, 3.05) is 20.1 Å². The van der Waals surface area contributed by atoms with Crippen LogP contribution in [-0.2, 0) is 6.54 Å². The molecule has 1 saturated heterocycles. The molecule has 2 nitrogen and oxygen atoms in total. The molecular weight excluding hydrogens is 255 g/mol. The van der Waals surface area contributed by atoms with E-state index < -0.39 is 0 Å². The topological polar surface area (TPSA) is 15.3 Å². The number of nitrogens with zero attached hydrogens (tertiary/aromatic N) is 1. The molecule has 0 spiro atoms. The number of nitrogens with one attached hydrogen (secondary N) is 1. The van der Waals surface area contributed by atoms with Gasteiger partial charge >= 0.3 is 0 Å². The molecule has 1 unspecified atom stereocenters. The summed E-state index contributed by atoms with van der Waals surface area (Å²) in [5, 5.41) is 4.82. The van der Waals surface area contributed by atoms with Gasteiger partial charge in [0.15, 0.2) is 0 Å². The van der Waals surface area contributed by atoms with E-state index in [-0.39, 0.29) is 0 Å². The highest BCUT2D eigenvalue weighted by atomic mass is 35.5. The van der Waals surface area contributed by atoms with E-state index in [0.717, 1.165) is 25.2 Å². The fraction of sp³-hybridized carbons (Fsp3) is 0.538. The Morgan fingerprint density at radius 1 is 1.41 bits per heavy atom. The van der Waals surface area contributed by atoms with Gasteiger partial charge in [-0.05, 0) is 38.1 Å². The smallest absolute Gasteiger partial charge is 0.0637 e. The maximum Gasteiger partial charge on any atom is 0.0637 e. The van der Waals surface area contributed by atoms with Crippen LogP contribution in [0.2, 0.25) is 10.0 Å². The second-order valence-electron chi connectivity index (χ2n) is 4.70. The highest BCUT2D eigenvalue weighted by Crippen LogP contribution is 2.26.